The van der Waals surface area contributed by atoms with Gasteiger partial charge in [0.1, 0.15) is 11.9 Å². The molecule has 0 spiro atoms. The molecule has 0 saturated carbocycles. The lowest BCUT2D eigenvalue weighted by atomic mass is 9.83. The summed E-state index contributed by atoms with van der Waals surface area (Å²) in [5, 5.41) is 23.5. The van der Waals surface area contributed by atoms with Crippen LogP contribution in [0.4, 0.5) is 4.79 Å². The highest BCUT2D eigenvalue weighted by Gasteiger charge is 2.42. The molecule has 3 rings (SSSR count). The van der Waals surface area contributed by atoms with E-state index in [0.717, 1.165) is 74.7 Å². The summed E-state index contributed by atoms with van der Waals surface area (Å²) in [5.74, 6) is -0.0775. The number of unbranched alkanes of at least 4 members (excludes halogenated alkanes) is 4. The molecule has 3 aliphatic rings. The summed E-state index contributed by atoms with van der Waals surface area (Å²) in [5.41, 5.74) is 3.04. The molecule has 0 unspecified atom stereocenters. The van der Waals surface area contributed by atoms with Gasteiger partial charge in [-0.1, -0.05) is 114 Å². The molecule has 5 N–H and O–H groups in total. The molecule has 0 aromatic carbocycles. The van der Waals surface area contributed by atoms with E-state index in [0.29, 0.717) is 37.1 Å². The third kappa shape index (κ3) is 18.9. The minimum absolute atomic E-state index is 0.0128. The van der Waals surface area contributed by atoms with E-state index in [1.807, 2.05) is 70.7 Å². The highest BCUT2D eigenvalue weighted by Crippen LogP contribution is 2.33. The molecular weight excluding hydrogens is 789 g/mol. The van der Waals surface area contributed by atoms with E-state index in [-0.39, 0.29) is 65.5 Å². The Kier molecular flexibility index (Phi) is 23.0. The van der Waals surface area contributed by atoms with Gasteiger partial charge in [-0.05, 0) is 76.7 Å². The molecule has 2 saturated heterocycles. The summed E-state index contributed by atoms with van der Waals surface area (Å²) >= 11 is 1.90. The lowest BCUT2D eigenvalue weighted by Gasteiger charge is -2.25. The lowest BCUT2D eigenvalue weighted by molar-refractivity contribution is -0.143. The summed E-state index contributed by atoms with van der Waals surface area (Å²) in [6, 6.07) is 0.387. The fourth-order valence-corrected chi connectivity index (χ4v) is 9.77. The number of ether oxygens (including phenoxy) is 1. The highest BCUT2D eigenvalue weighted by molar-refractivity contribution is 8.00. The van der Waals surface area contributed by atoms with E-state index >= 15 is 0 Å². The number of carbonyl (C=O) groups excluding carboxylic acids is 5. The molecular formula is C49H76N4O7S. The molecule has 0 aliphatic carbocycles. The van der Waals surface area contributed by atoms with Gasteiger partial charge in [0.15, 0.2) is 0 Å². The lowest BCUT2D eigenvalue weighted by Crippen LogP contribution is -2.36. The molecule has 12 heteroatoms. The number of cyclic esters (lactones) is 1. The maximum atomic E-state index is 13.3. The minimum Gasteiger partial charge on any atom is -0.454 e. The fourth-order valence-electron chi connectivity index (χ4n) is 8.22. The summed E-state index contributed by atoms with van der Waals surface area (Å²) in [4.78, 5) is 61.3. The number of carbonyl (C=O) groups is 5. The normalized spacial score (nSPS) is 24.5. The van der Waals surface area contributed by atoms with Gasteiger partial charge >= 0.3 is 12.0 Å². The summed E-state index contributed by atoms with van der Waals surface area (Å²) < 4.78 is 5.43. The average molecular weight is 865 g/mol. The van der Waals surface area contributed by atoms with Crippen LogP contribution in [0.5, 0.6) is 0 Å². The van der Waals surface area contributed by atoms with Crippen LogP contribution in [0.1, 0.15) is 126 Å². The average Bonchev–Trinajstić information content (AvgIpc) is 3.77. The first-order chi connectivity index (χ1) is 29.1. The van der Waals surface area contributed by atoms with Crippen LogP contribution in [-0.2, 0) is 23.9 Å². The Hall–Kier alpha value is -3.90. The van der Waals surface area contributed by atoms with Gasteiger partial charge in [0.05, 0.1) is 18.2 Å². The van der Waals surface area contributed by atoms with Crippen molar-refractivity contribution in [3.05, 3.63) is 71.4 Å². The van der Waals surface area contributed by atoms with Crippen molar-refractivity contribution in [1.29, 1.82) is 0 Å². The van der Waals surface area contributed by atoms with Gasteiger partial charge in [-0.2, -0.15) is 11.8 Å². The summed E-state index contributed by atoms with van der Waals surface area (Å²) in [6.45, 7) is 17.0. The predicted octanol–water partition coefficient (Wildman–Crippen LogP) is 8.22. The third-order valence-corrected chi connectivity index (χ3v) is 13.4. The number of hydrogen-bond donors (Lipinski definition) is 5. The third-order valence-electron chi connectivity index (χ3n) is 11.9. The molecule has 10 atom stereocenters. The van der Waals surface area contributed by atoms with Crippen LogP contribution in [-0.4, -0.2) is 83.1 Å². The molecule has 4 amide bonds. The fraction of sp³-hybridized carbons (Fsp3) is 0.653. The Morgan fingerprint density at radius 1 is 0.967 bits per heavy atom. The van der Waals surface area contributed by atoms with Gasteiger partial charge in [0.25, 0.3) is 0 Å². The van der Waals surface area contributed by atoms with Crippen LogP contribution < -0.4 is 21.3 Å². The molecule has 0 radical (unpaired) electrons. The number of amides is 4. The van der Waals surface area contributed by atoms with Crippen molar-refractivity contribution in [2.45, 2.75) is 156 Å². The maximum absolute atomic E-state index is 13.3. The SMILES string of the molecule is CCC(=C/[C@H](C)C/C=C/C(C)=C/[C@@H](C)C(=O)[C@@H](C)[C@H](O)[C@@H](C)C/C(C)=C/C(=O)NCCCCCCNC(=O)CCCC[C@@H]1SC[C@@H]2NC(=O)N[C@@H]21)/C=C/[C@@H]1OC(=O)C=C[C@@H]1C. The second-order valence-electron chi connectivity index (χ2n) is 17.7. The first-order valence-corrected chi connectivity index (χ1v) is 23.9. The molecule has 3 heterocycles. The zero-order chi connectivity index (χ0) is 44.9. The van der Waals surface area contributed by atoms with Crippen molar-refractivity contribution >= 4 is 41.4 Å². The summed E-state index contributed by atoms with van der Waals surface area (Å²) in [6.07, 6.45) is 25.5. The number of Topliss-reactive ketones (excluding diaryl/α,β-unsaturated/α-hetero) is 1. The minimum atomic E-state index is -0.833. The Labute approximate surface area is 370 Å². The number of allylic oxidation sites excluding steroid dienone is 8. The van der Waals surface area contributed by atoms with Gasteiger partial charge in [0.2, 0.25) is 11.8 Å². The van der Waals surface area contributed by atoms with Crippen LogP contribution in [0, 0.1) is 29.6 Å². The molecule has 0 aromatic heterocycles. The number of thioether (sulfide) groups is 1. The number of urea groups is 1. The zero-order valence-electron chi connectivity index (χ0n) is 38.2. The van der Waals surface area contributed by atoms with Gasteiger partial charge in [-0.25, -0.2) is 9.59 Å². The maximum Gasteiger partial charge on any atom is 0.331 e. The van der Waals surface area contributed by atoms with Crippen molar-refractivity contribution in [2.24, 2.45) is 29.6 Å². The van der Waals surface area contributed by atoms with Crippen LogP contribution in [0.25, 0.3) is 0 Å². The molecule has 11 nitrogen and oxygen atoms in total. The molecule has 0 bridgehead atoms. The number of hydrogen-bond acceptors (Lipinski definition) is 8. The van der Waals surface area contributed by atoms with E-state index in [1.54, 1.807) is 13.0 Å². The molecule has 3 aliphatic heterocycles. The number of ketones is 1. The van der Waals surface area contributed by atoms with Gasteiger partial charge < -0.3 is 31.1 Å². The molecule has 340 valence electrons. The number of rotatable bonds is 27. The van der Waals surface area contributed by atoms with Crippen LogP contribution in [0.3, 0.4) is 0 Å². The smallest absolute Gasteiger partial charge is 0.331 e. The second kappa shape index (κ2) is 27.2. The van der Waals surface area contributed by atoms with Gasteiger partial charge in [-0.15, -0.1) is 0 Å². The van der Waals surface area contributed by atoms with Crippen LogP contribution >= 0.6 is 11.8 Å². The first kappa shape index (κ1) is 51.5. The van der Waals surface area contributed by atoms with E-state index < -0.39 is 12.0 Å². The Morgan fingerprint density at radius 3 is 2.41 bits per heavy atom. The Bertz CT molecular complexity index is 1650. The zero-order valence-corrected chi connectivity index (χ0v) is 39.0. The van der Waals surface area contributed by atoms with E-state index in [9.17, 15) is 29.1 Å². The largest absolute Gasteiger partial charge is 0.454 e. The first-order valence-electron chi connectivity index (χ1n) is 22.8. The molecule has 0 aromatic rings. The van der Waals surface area contributed by atoms with Crippen molar-refractivity contribution in [3.8, 4) is 0 Å². The predicted molar refractivity (Wildman–Crippen MR) is 248 cm³/mol. The van der Waals surface area contributed by atoms with Crippen LogP contribution in [0.15, 0.2) is 71.4 Å². The Balaban J connectivity index is 1.26. The molecule has 61 heavy (non-hydrogen) atoms. The second-order valence-corrected chi connectivity index (χ2v) is 18.9. The number of nitrogens with one attached hydrogen (secondary N) is 4. The standard InChI is InChI=1S/C49H76N4O7S/c1-9-39(22-23-41-35(5)21-24-45(56)60-41)29-33(3)18-16-17-32(2)27-36(6)47(57)38(8)48(58)37(7)28-34(4)30-44(55)51-26-15-11-10-14-25-50-43(54)20-13-12-19-42-46-40(31-61-42)52-49(59)53-46/h16-17,21-24,27,29-30,33,35-38,40-42,46,48,58H,9-15,18-20,25-26,28,31H2,1-8H3,(H,50,54)(H,51,55)(H2,52,53,59)/b17-16+,23-22+,32-27+,34-30+,39-29-/t33-,35+,36-,37+,38-,40+,41+,42+,46+,48-/m1/s1. The van der Waals surface area contributed by atoms with E-state index in [2.05, 4.69) is 53.3 Å². The number of aliphatic hydroxyl groups is 1. The topological polar surface area (TPSA) is 163 Å². The number of fused-ring (bicyclic) bond motifs is 1. The van der Waals surface area contributed by atoms with Crippen molar-refractivity contribution in [3.63, 3.8) is 0 Å². The number of esters is 1. The Morgan fingerprint density at radius 2 is 1.69 bits per heavy atom. The summed E-state index contributed by atoms with van der Waals surface area (Å²) in [7, 11) is 0. The van der Waals surface area contributed by atoms with Crippen molar-refractivity contribution < 1.29 is 33.8 Å². The molecule has 2 fully saturated rings. The quantitative estimate of drug-likeness (QED) is 0.0182. The van der Waals surface area contributed by atoms with Gasteiger partial charge in [0, 0.05) is 60.4 Å². The van der Waals surface area contributed by atoms with Gasteiger partial charge in [-0.3, -0.25) is 14.4 Å². The monoisotopic (exact) mass is 865 g/mol. The highest BCUT2D eigenvalue weighted by atomic mass is 32.2. The van der Waals surface area contributed by atoms with E-state index in [4.69, 9.17) is 4.74 Å². The van der Waals surface area contributed by atoms with Crippen LogP contribution in [0.2, 0.25) is 0 Å². The van der Waals surface area contributed by atoms with E-state index in [1.165, 1.54) is 11.6 Å². The number of aliphatic hydroxyl groups excluding tert-OH is 1. The van der Waals surface area contributed by atoms with Crippen molar-refractivity contribution in [2.75, 3.05) is 18.8 Å². The van der Waals surface area contributed by atoms with Crippen molar-refractivity contribution in [1.82, 2.24) is 21.3 Å².